The van der Waals surface area contributed by atoms with Crippen molar-refractivity contribution in [3.05, 3.63) is 63.4 Å². The first-order valence-electron chi connectivity index (χ1n) is 14.0. The van der Waals surface area contributed by atoms with E-state index in [4.69, 9.17) is 16.3 Å². The van der Waals surface area contributed by atoms with Gasteiger partial charge < -0.3 is 14.4 Å². The molecule has 6 nitrogen and oxygen atoms in total. The Labute approximate surface area is 249 Å². The van der Waals surface area contributed by atoms with Gasteiger partial charge in [0, 0.05) is 37.1 Å². The summed E-state index contributed by atoms with van der Waals surface area (Å²) in [6, 6.07) is 4.41. The Morgan fingerprint density at radius 2 is 1.81 bits per heavy atom. The number of alkyl halides is 5. The highest BCUT2D eigenvalue weighted by Gasteiger charge is 2.42. The average molecular weight is 633 g/mol. The molecule has 2 saturated heterocycles. The third-order valence-corrected chi connectivity index (χ3v) is 8.70. The van der Waals surface area contributed by atoms with E-state index in [0.29, 0.717) is 24.2 Å². The van der Waals surface area contributed by atoms with Crippen LogP contribution in [0.5, 0.6) is 5.75 Å². The highest BCUT2D eigenvalue weighted by Crippen LogP contribution is 2.46. The third kappa shape index (κ3) is 7.06. The van der Waals surface area contributed by atoms with E-state index in [1.54, 1.807) is 0 Å². The summed E-state index contributed by atoms with van der Waals surface area (Å²) >= 11 is 6.08. The van der Waals surface area contributed by atoms with Gasteiger partial charge in [-0.3, -0.25) is 9.69 Å². The van der Waals surface area contributed by atoms with Crippen LogP contribution < -0.4 is 4.74 Å². The number of amides is 1. The van der Waals surface area contributed by atoms with E-state index in [9.17, 15) is 27.2 Å². The number of halogens is 7. The fourth-order valence-corrected chi connectivity index (χ4v) is 5.89. The van der Waals surface area contributed by atoms with Crippen LogP contribution in [0, 0.1) is 5.82 Å². The van der Waals surface area contributed by atoms with Crippen LogP contribution in [0.15, 0.2) is 30.3 Å². The molecule has 0 radical (unpaired) electrons. The van der Waals surface area contributed by atoms with Crippen LogP contribution >= 0.6 is 11.6 Å². The number of hydrogen-bond acceptors (Lipinski definition) is 5. The number of nitrogens with zero attached hydrogens (tertiary/aromatic N) is 2. The topological polar surface area (TPSA) is 59.1 Å². The summed E-state index contributed by atoms with van der Waals surface area (Å²) in [5.41, 5.74) is -1.83. The zero-order valence-corrected chi connectivity index (χ0v) is 24.1. The van der Waals surface area contributed by atoms with Crippen LogP contribution in [0.2, 0.25) is 5.02 Å². The highest BCUT2D eigenvalue weighted by atomic mass is 35.5. The van der Waals surface area contributed by atoms with Crippen LogP contribution in [-0.2, 0) is 22.3 Å². The maximum absolute atomic E-state index is 15.7. The van der Waals surface area contributed by atoms with E-state index >= 15 is 8.78 Å². The van der Waals surface area contributed by atoms with E-state index in [2.05, 4.69) is 4.74 Å². The van der Waals surface area contributed by atoms with Crippen LogP contribution in [-0.4, -0.2) is 72.9 Å². The molecular formula is C30H31ClF6N2O4. The first-order chi connectivity index (χ1) is 20.3. The van der Waals surface area contributed by atoms with E-state index < -0.39 is 47.3 Å². The van der Waals surface area contributed by atoms with Crippen molar-refractivity contribution in [3.8, 4) is 5.75 Å². The SMILES string of the molecule is COC(=O)[C@@H]1C[C@@H](F)CN1C(=O)c1cc(C2CC2)c(OCC2(F)CCN(Cc3ccc(C(F)(F)F)cc3Cl)CC2)cc1F. The number of esters is 1. The minimum Gasteiger partial charge on any atom is -0.490 e. The normalized spacial score (nSPS) is 22.5. The number of ether oxygens (including phenoxy) is 2. The van der Waals surface area contributed by atoms with Crippen molar-refractivity contribution in [1.29, 1.82) is 0 Å². The second kappa shape index (κ2) is 12.2. The molecule has 0 spiro atoms. The zero-order chi connectivity index (χ0) is 31.1. The van der Waals surface area contributed by atoms with Gasteiger partial charge in [0.2, 0.25) is 0 Å². The minimum absolute atomic E-state index is 0.00283. The molecule has 0 unspecified atom stereocenters. The van der Waals surface area contributed by atoms with Gasteiger partial charge in [0.1, 0.15) is 36.1 Å². The number of hydrogen-bond donors (Lipinski definition) is 0. The monoisotopic (exact) mass is 632 g/mol. The molecule has 0 N–H and O–H groups in total. The lowest BCUT2D eigenvalue weighted by atomic mass is 9.93. The van der Waals surface area contributed by atoms with E-state index in [1.165, 1.54) is 12.1 Å². The van der Waals surface area contributed by atoms with Crippen LogP contribution in [0.1, 0.15) is 65.1 Å². The van der Waals surface area contributed by atoms with Crippen molar-refractivity contribution in [1.82, 2.24) is 9.80 Å². The number of piperidine rings is 1. The van der Waals surface area contributed by atoms with Crippen molar-refractivity contribution in [2.45, 2.75) is 68.6 Å². The molecule has 5 rings (SSSR count). The van der Waals surface area contributed by atoms with Gasteiger partial charge in [-0.1, -0.05) is 17.7 Å². The molecule has 2 heterocycles. The molecule has 13 heteroatoms. The maximum atomic E-state index is 15.7. The first kappa shape index (κ1) is 31.4. The molecule has 2 atom stereocenters. The molecule has 2 aromatic carbocycles. The quantitative estimate of drug-likeness (QED) is 0.246. The maximum Gasteiger partial charge on any atom is 0.416 e. The molecule has 234 valence electrons. The predicted octanol–water partition coefficient (Wildman–Crippen LogP) is 6.48. The Kier molecular flexibility index (Phi) is 8.91. The number of carbonyl (C=O) groups excluding carboxylic acids is 2. The standard InChI is InChI=1S/C30H31ClF6N2O4/c1-42-28(41)25-11-20(32)15-39(25)27(40)22-12-21(17-2-3-17)26(13-24(22)33)43-16-29(34)6-8-38(9-7-29)14-18-4-5-19(10-23(18)31)30(35,36)37/h4-5,10,12-13,17,20,25H,2-3,6-9,11,14-16H2,1H3/t20-,25+/m1/s1. The van der Waals surface area contributed by atoms with Gasteiger partial charge in [-0.15, -0.1) is 0 Å². The predicted molar refractivity (Wildman–Crippen MR) is 145 cm³/mol. The summed E-state index contributed by atoms with van der Waals surface area (Å²) in [4.78, 5) is 28.2. The van der Waals surface area contributed by atoms with E-state index in [-0.39, 0.29) is 61.2 Å². The molecule has 0 aromatic heterocycles. The van der Waals surface area contributed by atoms with Crippen molar-refractivity contribution >= 4 is 23.5 Å². The van der Waals surface area contributed by atoms with Crippen LogP contribution in [0.3, 0.4) is 0 Å². The summed E-state index contributed by atoms with van der Waals surface area (Å²) in [7, 11) is 1.13. The fourth-order valence-electron chi connectivity index (χ4n) is 5.65. The summed E-state index contributed by atoms with van der Waals surface area (Å²) in [6.45, 7) is 0.163. The summed E-state index contributed by atoms with van der Waals surface area (Å²) in [5.74, 6) is -2.41. The number of carbonyl (C=O) groups is 2. The first-order valence-corrected chi connectivity index (χ1v) is 14.4. The van der Waals surface area contributed by atoms with Gasteiger partial charge in [-0.25, -0.2) is 18.0 Å². The lowest BCUT2D eigenvalue weighted by Gasteiger charge is -2.36. The third-order valence-electron chi connectivity index (χ3n) is 8.34. The second-order valence-corrected chi connectivity index (χ2v) is 11.9. The highest BCUT2D eigenvalue weighted by molar-refractivity contribution is 6.31. The molecule has 3 fully saturated rings. The lowest BCUT2D eigenvalue weighted by Crippen LogP contribution is -2.44. The van der Waals surface area contributed by atoms with Gasteiger partial charge in [-0.05, 0) is 60.9 Å². The molecule has 1 saturated carbocycles. The van der Waals surface area contributed by atoms with Gasteiger partial charge in [0.15, 0.2) is 0 Å². The molecule has 43 heavy (non-hydrogen) atoms. The molecule has 3 aliphatic rings. The van der Waals surface area contributed by atoms with Gasteiger partial charge in [0.05, 0.1) is 24.8 Å². The smallest absolute Gasteiger partial charge is 0.416 e. The van der Waals surface area contributed by atoms with E-state index in [0.717, 1.165) is 43.1 Å². The molecular weight excluding hydrogens is 602 g/mol. The number of methoxy groups -OCH3 is 1. The Bertz CT molecular complexity index is 1380. The van der Waals surface area contributed by atoms with Crippen molar-refractivity contribution in [3.63, 3.8) is 0 Å². The largest absolute Gasteiger partial charge is 0.490 e. The van der Waals surface area contributed by atoms with Crippen molar-refractivity contribution < 1.29 is 45.4 Å². The summed E-state index contributed by atoms with van der Waals surface area (Å²) in [6.07, 6.45) is -4.46. The molecule has 0 bridgehead atoms. The summed E-state index contributed by atoms with van der Waals surface area (Å²) in [5, 5.41) is -0.0122. The number of benzene rings is 2. The second-order valence-electron chi connectivity index (χ2n) is 11.5. The Hall–Kier alpha value is -2.99. The van der Waals surface area contributed by atoms with Crippen LogP contribution in [0.25, 0.3) is 0 Å². The average Bonchev–Trinajstić information content (AvgIpc) is 3.73. The van der Waals surface area contributed by atoms with Gasteiger partial charge in [-0.2, -0.15) is 13.2 Å². The molecule has 2 aromatic rings. The molecule has 1 aliphatic carbocycles. The lowest BCUT2D eigenvalue weighted by molar-refractivity contribution is -0.145. The fraction of sp³-hybridized carbons (Fsp3) is 0.533. The Balaban J connectivity index is 1.23. The van der Waals surface area contributed by atoms with Gasteiger partial charge >= 0.3 is 12.1 Å². The molecule has 1 amide bonds. The minimum atomic E-state index is -4.50. The number of likely N-dealkylation sites (tertiary alicyclic amines) is 2. The van der Waals surface area contributed by atoms with Crippen molar-refractivity contribution in [2.75, 3.05) is 33.4 Å². The van der Waals surface area contributed by atoms with Crippen LogP contribution in [0.4, 0.5) is 26.3 Å². The molecule has 2 aliphatic heterocycles. The van der Waals surface area contributed by atoms with Gasteiger partial charge in [0.25, 0.3) is 5.91 Å². The van der Waals surface area contributed by atoms with E-state index in [1.807, 2.05) is 4.90 Å². The Morgan fingerprint density at radius 3 is 2.42 bits per heavy atom. The number of rotatable bonds is 8. The Morgan fingerprint density at radius 1 is 1.12 bits per heavy atom. The summed E-state index contributed by atoms with van der Waals surface area (Å²) < 4.78 is 94.4. The zero-order valence-electron chi connectivity index (χ0n) is 23.4. The van der Waals surface area contributed by atoms with Crippen molar-refractivity contribution in [2.24, 2.45) is 0 Å².